The predicted molar refractivity (Wildman–Crippen MR) is 81.3 cm³/mol. The van der Waals surface area contributed by atoms with E-state index in [1.165, 1.54) is 12.8 Å². The molecule has 3 rings (SSSR count). The predicted octanol–water partition coefficient (Wildman–Crippen LogP) is 2.13. The van der Waals surface area contributed by atoms with Gasteiger partial charge in [-0.15, -0.1) is 0 Å². The Bertz CT molecular complexity index is 713. The molecule has 1 aromatic heterocycles. The lowest BCUT2D eigenvalue weighted by atomic mass is 10.2. The first-order chi connectivity index (χ1) is 10.1. The lowest BCUT2D eigenvalue weighted by Crippen LogP contribution is -2.20. The number of aromatic nitrogens is 1. The fourth-order valence-electron chi connectivity index (χ4n) is 2.08. The van der Waals surface area contributed by atoms with Crippen LogP contribution in [0.4, 0.5) is 5.69 Å². The minimum atomic E-state index is -3.59. The Morgan fingerprint density at radius 1 is 1.10 bits per heavy atom. The monoisotopic (exact) mass is 303 g/mol. The van der Waals surface area contributed by atoms with E-state index in [2.05, 4.69) is 15.0 Å². The van der Waals surface area contributed by atoms with E-state index in [0.717, 1.165) is 5.56 Å². The summed E-state index contributed by atoms with van der Waals surface area (Å²) in [6, 6.07) is 10.9. The van der Waals surface area contributed by atoms with Crippen LogP contribution in [0.1, 0.15) is 18.4 Å². The fourth-order valence-corrected chi connectivity index (χ4v) is 3.38. The summed E-state index contributed by atoms with van der Waals surface area (Å²) in [4.78, 5) is 4.19. The number of nitrogens with one attached hydrogen (secondary N) is 2. The summed E-state index contributed by atoms with van der Waals surface area (Å²) in [5.74, 6) is 0. The van der Waals surface area contributed by atoms with Gasteiger partial charge in [0.25, 0.3) is 10.0 Å². The Morgan fingerprint density at radius 2 is 1.81 bits per heavy atom. The van der Waals surface area contributed by atoms with Crippen molar-refractivity contribution in [3.63, 3.8) is 0 Å². The Labute approximate surface area is 124 Å². The molecular formula is C15H17N3O2S. The molecule has 0 amide bonds. The molecule has 5 nitrogen and oxygen atoms in total. The van der Waals surface area contributed by atoms with Gasteiger partial charge in [0, 0.05) is 25.0 Å². The smallest absolute Gasteiger partial charge is 0.262 e. The molecule has 0 radical (unpaired) electrons. The van der Waals surface area contributed by atoms with Crippen LogP contribution >= 0.6 is 0 Å². The highest BCUT2D eigenvalue weighted by Gasteiger charge is 2.22. The highest BCUT2D eigenvalue weighted by atomic mass is 32.2. The van der Waals surface area contributed by atoms with Crippen LogP contribution in [0, 0.1) is 0 Å². The van der Waals surface area contributed by atoms with E-state index in [1.54, 1.807) is 36.7 Å². The Kier molecular flexibility index (Phi) is 3.90. The van der Waals surface area contributed by atoms with Crippen molar-refractivity contribution in [2.24, 2.45) is 0 Å². The number of pyridine rings is 1. The van der Waals surface area contributed by atoms with Crippen molar-refractivity contribution in [2.75, 3.05) is 4.72 Å². The van der Waals surface area contributed by atoms with Crippen molar-refractivity contribution in [3.8, 4) is 0 Å². The van der Waals surface area contributed by atoms with E-state index < -0.39 is 10.0 Å². The zero-order valence-electron chi connectivity index (χ0n) is 11.5. The summed E-state index contributed by atoms with van der Waals surface area (Å²) in [5, 5.41) is 3.35. The van der Waals surface area contributed by atoms with Gasteiger partial charge in [-0.2, -0.15) is 0 Å². The molecule has 1 aliphatic rings. The summed E-state index contributed by atoms with van der Waals surface area (Å²) < 4.78 is 27.6. The third kappa shape index (κ3) is 3.59. The van der Waals surface area contributed by atoms with Gasteiger partial charge >= 0.3 is 0 Å². The van der Waals surface area contributed by atoms with Gasteiger partial charge in [0.1, 0.15) is 0 Å². The molecule has 1 aliphatic carbocycles. The van der Waals surface area contributed by atoms with Crippen molar-refractivity contribution >= 4 is 15.7 Å². The van der Waals surface area contributed by atoms with Gasteiger partial charge in [0.15, 0.2) is 0 Å². The average Bonchev–Trinajstić information content (AvgIpc) is 3.30. The van der Waals surface area contributed by atoms with Crippen LogP contribution in [0.2, 0.25) is 0 Å². The van der Waals surface area contributed by atoms with Crippen LogP contribution in [0.5, 0.6) is 0 Å². The summed E-state index contributed by atoms with van der Waals surface area (Å²) in [5.41, 5.74) is 1.29. The van der Waals surface area contributed by atoms with Gasteiger partial charge in [0.2, 0.25) is 0 Å². The molecule has 0 atom stereocenters. The number of hydrogen-bond donors (Lipinski definition) is 2. The maximum absolute atomic E-state index is 12.5. The maximum atomic E-state index is 12.5. The molecule has 0 unspecified atom stereocenters. The van der Waals surface area contributed by atoms with Gasteiger partial charge in [0.05, 0.1) is 10.6 Å². The van der Waals surface area contributed by atoms with Gasteiger partial charge in [-0.05, 0) is 36.6 Å². The van der Waals surface area contributed by atoms with E-state index in [9.17, 15) is 8.42 Å². The molecule has 0 bridgehead atoms. The van der Waals surface area contributed by atoms with Crippen molar-refractivity contribution in [1.82, 2.24) is 10.3 Å². The third-order valence-corrected chi connectivity index (χ3v) is 4.83. The number of rotatable bonds is 6. The SMILES string of the molecule is O=S(=O)(Nc1ccncc1)c1ccccc1CNC1CC1. The van der Waals surface area contributed by atoms with Crippen molar-refractivity contribution < 1.29 is 8.42 Å². The highest BCUT2D eigenvalue weighted by Crippen LogP contribution is 2.22. The van der Waals surface area contributed by atoms with Crippen LogP contribution in [0.3, 0.4) is 0 Å². The Morgan fingerprint density at radius 3 is 2.52 bits per heavy atom. The lowest BCUT2D eigenvalue weighted by molar-refractivity contribution is 0.597. The quantitative estimate of drug-likeness (QED) is 0.857. The number of nitrogens with zero attached hydrogens (tertiary/aromatic N) is 1. The summed E-state index contributed by atoms with van der Waals surface area (Å²) in [7, 11) is -3.59. The average molecular weight is 303 g/mol. The molecule has 1 aromatic carbocycles. The first-order valence-corrected chi connectivity index (χ1v) is 8.37. The Balaban J connectivity index is 1.83. The molecule has 1 saturated carbocycles. The molecule has 1 heterocycles. The minimum absolute atomic E-state index is 0.315. The standard InChI is InChI=1S/C15H17N3O2S/c19-21(20,18-14-7-9-16-10-8-14)15-4-2-1-3-12(15)11-17-13-5-6-13/h1-4,7-10,13,17H,5-6,11H2,(H,16,18). The fraction of sp³-hybridized carbons (Fsp3) is 0.267. The number of hydrogen-bond acceptors (Lipinski definition) is 4. The maximum Gasteiger partial charge on any atom is 0.262 e. The zero-order valence-corrected chi connectivity index (χ0v) is 12.3. The normalized spacial score (nSPS) is 14.9. The topological polar surface area (TPSA) is 71.1 Å². The van der Waals surface area contributed by atoms with E-state index in [-0.39, 0.29) is 0 Å². The molecule has 2 N–H and O–H groups in total. The molecule has 6 heteroatoms. The van der Waals surface area contributed by atoms with Gasteiger partial charge in [-0.3, -0.25) is 9.71 Å². The molecular weight excluding hydrogens is 286 g/mol. The second-order valence-electron chi connectivity index (χ2n) is 5.10. The largest absolute Gasteiger partial charge is 0.310 e. The zero-order chi connectivity index (χ0) is 14.7. The van der Waals surface area contributed by atoms with E-state index >= 15 is 0 Å². The molecule has 21 heavy (non-hydrogen) atoms. The van der Waals surface area contributed by atoms with Crippen molar-refractivity contribution in [2.45, 2.75) is 30.3 Å². The van der Waals surface area contributed by atoms with Crippen molar-refractivity contribution in [3.05, 3.63) is 54.4 Å². The van der Waals surface area contributed by atoms with Gasteiger partial charge in [-0.1, -0.05) is 18.2 Å². The van der Waals surface area contributed by atoms with E-state index in [4.69, 9.17) is 0 Å². The van der Waals surface area contributed by atoms with Gasteiger partial charge < -0.3 is 5.32 Å². The molecule has 110 valence electrons. The Hall–Kier alpha value is -1.92. The van der Waals surface area contributed by atoms with Crippen LogP contribution in [0.15, 0.2) is 53.7 Å². The molecule has 0 saturated heterocycles. The van der Waals surface area contributed by atoms with Gasteiger partial charge in [-0.25, -0.2) is 8.42 Å². The summed E-state index contributed by atoms with van der Waals surface area (Å²) in [6.07, 6.45) is 5.45. The summed E-state index contributed by atoms with van der Waals surface area (Å²) in [6.45, 7) is 0.568. The molecule has 0 spiro atoms. The van der Waals surface area contributed by atoms with Crippen LogP contribution < -0.4 is 10.0 Å². The minimum Gasteiger partial charge on any atom is -0.310 e. The first kappa shape index (κ1) is 14.0. The van der Waals surface area contributed by atoms with E-state index in [0.29, 0.717) is 23.2 Å². The first-order valence-electron chi connectivity index (χ1n) is 6.89. The number of benzene rings is 1. The van der Waals surface area contributed by atoms with Crippen LogP contribution in [-0.4, -0.2) is 19.4 Å². The summed E-state index contributed by atoms with van der Waals surface area (Å²) >= 11 is 0. The number of anilines is 1. The molecule has 1 fully saturated rings. The van der Waals surface area contributed by atoms with Crippen LogP contribution in [0.25, 0.3) is 0 Å². The van der Waals surface area contributed by atoms with Crippen molar-refractivity contribution in [1.29, 1.82) is 0 Å². The third-order valence-electron chi connectivity index (χ3n) is 3.35. The number of sulfonamides is 1. The molecule has 0 aliphatic heterocycles. The van der Waals surface area contributed by atoms with E-state index in [1.807, 2.05) is 12.1 Å². The lowest BCUT2D eigenvalue weighted by Gasteiger charge is -2.12. The second kappa shape index (κ2) is 5.83. The second-order valence-corrected chi connectivity index (χ2v) is 6.76. The van der Waals surface area contributed by atoms with Crippen LogP contribution in [-0.2, 0) is 16.6 Å². The molecule has 2 aromatic rings. The highest BCUT2D eigenvalue weighted by molar-refractivity contribution is 7.92.